The van der Waals surface area contributed by atoms with Crippen LogP contribution in [0, 0.1) is 5.92 Å². The fourth-order valence-electron chi connectivity index (χ4n) is 3.10. The minimum absolute atomic E-state index is 0.0473. The van der Waals surface area contributed by atoms with Gasteiger partial charge in [-0.3, -0.25) is 4.79 Å². The van der Waals surface area contributed by atoms with Gasteiger partial charge in [0.1, 0.15) is 0 Å². The number of hydrogen-bond acceptors (Lipinski definition) is 5. The fraction of sp³-hybridized carbons (Fsp3) is 0.833. The molecule has 1 rings (SSSR count). The van der Waals surface area contributed by atoms with E-state index in [0.29, 0.717) is 25.0 Å². The highest BCUT2D eigenvalue weighted by molar-refractivity contribution is 8.00. The molecule has 0 amide bonds. The quantitative estimate of drug-likeness (QED) is 0.315. The molecule has 0 aromatic rings. The Morgan fingerprint density at radius 2 is 2.00 bits per heavy atom. The number of thioether (sulfide) groups is 1. The van der Waals surface area contributed by atoms with E-state index in [1.165, 1.54) is 0 Å². The summed E-state index contributed by atoms with van der Waals surface area (Å²) in [7, 11) is 0. The second-order valence-corrected chi connectivity index (χ2v) is 7.83. The highest BCUT2D eigenvalue weighted by atomic mass is 32.2. The van der Waals surface area contributed by atoms with E-state index in [1.54, 1.807) is 11.8 Å². The summed E-state index contributed by atoms with van der Waals surface area (Å²) < 4.78 is 0. The van der Waals surface area contributed by atoms with Crippen molar-refractivity contribution in [3.63, 3.8) is 0 Å². The van der Waals surface area contributed by atoms with E-state index in [1.807, 2.05) is 12.2 Å². The number of carboxylic acid groups (broad SMARTS) is 1. The third-order valence-corrected chi connectivity index (χ3v) is 6.13. The summed E-state index contributed by atoms with van der Waals surface area (Å²) in [6.45, 7) is 2.13. The molecule has 4 N–H and O–H groups in total. The summed E-state index contributed by atoms with van der Waals surface area (Å²) >= 11 is 1.55. The van der Waals surface area contributed by atoms with Gasteiger partial charge < -0.3 is 20.4 Å². The van der Waals surface area contributed by atoms with Crippen LogP contribution in [0.4, 0.5) is 0 Å². The maximum atomic E-state index is 10.5. The second-order valence-electron chi connectivity index (χ2n) is 6.62. The summed E-state index contributed by atoms with van der Waals surface area (Å²) in [6, 6.07) is 0. The molecule has 0 bridgehead atoms. The molecule has 24 heavy (non-hydrogen) atoms. The van der Waals surface area contributed by atoms with Gasteiger partial charge in [0, 0.05) is 29.8 Å². The van der Waals surface area contributed by atoms with Gasteiger partial charge in [-0.25, -0.2) is 0 Å². The van der Waals surface area contributed by atoms with Crippen LogP contribution in [0.15, 0.2) is 12.2 Å². The standard InChI is InChI=1S/C18H32O5S/c1-2-3-5-8-13(19)12-24-18-14(15(20)11-16(18)21)9-6-4-7-10-17(22)23/h4,6,13-16,18-21H,2-3,5,7-12H2,1H3,(H,22,23). The summed E-state index contributed by atoms with van der Waals surface area (Å²) in [5.74, 6) is -0.285. The molecule has 0 radical (unpaired) electrons. The molecule has 0 aromatic carbocycles. The Kier molecular flexibility index (Phi) is 10.7. The lowest BCUT2D eigenvalue weighted by atomic mass is 10.0. The van der Waals surface area contributed by atoms with Crippen LogP contribution in [-0.2, 0) is 4.79 Å². The highest BCUT2D eigenvalue weighted by Gasteiger charge is 2.41. The predicted octanol–water partition coefficient (Wildman–Crippen LogP) is 2.58. The van der Waals surface area contributed by atoms with Crippen molar-refractivity contribution in [1.82, 2.24) is 0 Å². The van der Waals surface area contributed by atoms with Gasteiger partial charge in [0.25, 0.3) is 0 Å². The van der Waals surface area contributed by atoms with E-state index < -0.39 is 18.2 Å². The molecule has 1 fully saturated rings. The minimum Gasteiger partial charge on any atom is -0.481 e. The second kappa shape index (κ2) is 11.9. The molecule has 5 atom stereocenters. The SMILES string of the molecule is CCCCCC(O)CSC1C(O)CC(O)C1CC=CCCC(=O)O. The summed E-state index contributed by atoms with van der Waals surface area (Å²) in [4.78, 5) is 10.5. The lowest BCUT2D eigenvalue weighted by Crippen LogP contribution is -2.26. The van der Waals surface area contributed by atoms with Crippen molar-refractivity contribution in [2.24, 2.45) is 5.92 Å². The van der Waals surface area contributed by atoms with Gasteiger partial charge >= 0.3 is 5.97 Å². The summed E-state index contributed by atoms with van der Waals surface area (Å²) in [5.41, 5.74) is 0. The number of hydrogen-bond donors (Lipinski definition) is 4. The minimum atomic E-state index is -0.818. The van der Waals surface area contributed by atoms with Crippen molar-refractivity contribution in [3.8, 4) is 0 Å². The molecule has 5 nitrogen and oxygen atoms in total. The molecule has 0 aromatic heterocycles. The van der Waals surface area contributed by atoms with Crippen LogP contribution >= 0.6 is 11.8 Å². The Morgan fingerprint density at radius 3 is 2.67 bits per heavy atom. The summed E-state index contributed by atoms with van der Waals surface area (Å²) in [6.07, 6.45) is 7.91. The van der Waals surface area contributed by atoms with Crippen molar-refractivity contribution in [1.29, 1.82) is 0 Å². The van der Waals surface area contributed by atoms with E-state index >= 15 is 0 Å². The molecule has 1 aliphatic carbocycles. The first-order chi connectivity index (χ1) is 11.5. The smallest absolute Gasteiger partial charge is 0.303 e. The molecule has 6 heteroatoms. The topological polar surface area (TPSA) is 98.0 Å². The zero-order valence-electron chi connectivity index (χ0n) is 14.5. The van der Waals surface area contributed by atoms with Gasteiger partial charge in [-0.05, 0) is 19.3 Å². The van der Waals surface area contributed by atoms with E-state index in [2.05, 4.69) is 6.92 Å². The Labute approximate surface area is 149 Å². The molecular weight excluding hydrogens is 328 g/mol. The summed E-state index contributed by atoms with van der Waals surface area (Å²) in [5, 5.41) is 38.9. The van der Waals surface area contributed by atoms with Crippen LogP contribution in [0.1, 0.15) is 58.3 Å². The Morgan fingerprint density at radius 1 is 1.25 bits per heavy atom. The van der Waals surface area contributed by atoms with E-state index in [9.17, 15) is 20.1 Å². The lowest BCUT2D eigenvalue weighted by molar-refractivity contribution is -0.136. The van der Waals surface area contributed by atoms with Crippen LogP contribution in [0.2, 0.25) is 0 Å². The number of carbonyl (C=O) groups is 1. The Bertz CT molecular complexity index is 388. The molecule has 1 aliphatic rings. The molecular formula is C18H32O5S. The van der Waals surface area contributed by atoms with Crippen LogP contribution in [0.25, 0.3) is 0 Å². The number of aliphatic hydroxyl groups is 3. The van der Waals surface area contributed by atoms with Gasteiger partial charge in [0.05, 0.1) is 18.3 Å². The Balaban J connectivity index is 2.40. The van der Waals surface area contributed by atoms with Gasteiger partial charge in [-0.2, -0.15) is 11.8 Å². The van der Waals surface area contributed by atoms with E-state index in [-0.39, 0.29) is 23.7 Å². The monoisotopic (exact) mass is 360 g/mol. The third kappa shape index (κ3) is 8.01. The van der Waals surface area contributed by atoms with Crippen molar-refractivity contribution < 1.29 is 25.2 Å². The average molecular weight is 361 g/mol. The van der Waals surface area contributed by atoms with E-state index in [4.69, 9.17) is 5.11 Å². The third-order valence-electron chi connectivity index (χ3n) is 4.50. The van der Waals surface area contributed by atoms with Crippen LogP contribution < -0.4 is 0 Å². The van der Waals surface area contributed by atoms with Crippen molar-refractivity contribution in [3.05, 3.63) is 12.2 Å². The number of aliphatic carboxylic acids is 1. The van der Waals surface area contributed by atoms with Crippen molar-refractivity contribution in [2.45, 2.75) is 81.9 Å². The number of rotatable bonds is 12. The number of carboxylic acids is 1. The Hall–Kier alpha value is -0.560. The lowest BCUT2D eigenvalue weighted by Gasteiger charge is -2.23. The van der Waals surface area contributed by atoms with Crippen molar-refractivity contribution in [2.75, 3.05) is 5.75 Å². The maximum Gasteiger partial charge on any atom is 0.303 e. The number of aliphatic hydroxyl groups excluding tert-OH is 3. The van der Waals surface area contributed by atoms with Crippen LogP contribution in [0.5, 0.6) is 0 Å². The molecule has 0 aliphatic heterocycles. The highest BCUT2D eigenvalue weighted by Crippen LogP contribution is 2.38. The van der Waals surface area contributed by atoms with Gasteiger partial charge in [0.2, 0.25) is 0 Å². The first-order valence-corrected chi connectivity index (χ1v) is 10.0. The maximum absolute atomic E-state index is 10.5. The van der Waals surface area contributed by atoms with Crippen molar-refractivity contribution >= 4 is 17.7 Å². The molecule has 1 saturated carbocycles. The number of unbranched alkanes of at least 4 members (excludes halogenated alkanes) is 2. The van der Waals surface area contributed by atoms with Gasteiger partial charge in [0.15, 0.2) is 0 Å². The van der Waals surface area contributed by atoms with Gasteiger partial charge in [-0.15, -0.1) is 0 Å². The van der Waals surface area contributed by atoms with Crippen LogP contribution in [-0.4, -0.2) is 55.7 Å². The molecule has 0 heterocycles. The predicted molar refractivity (Wildman–Crippen MR) is 97.1 cm³/mol. The number of allylic oxidation sites excluding steroid dienone is 2. The van der Waals surface area contributed by atoms with E-state index in [0.717, 1.165) is 25.7 Å². The molecule has 140 valence electrons. The molecule has 5 unspecified atom stereocenters. The fourth-order valence-corrected chi connectivity index (χ4v) is 4.58. The largest absolute Gasteiger partial charge is 0.481 e. The molecule has 0 spiro atoms. The zero-order valence-corrected chi connectivity index (χ0v) is 15.3. The first kappa shape index (κ1) is 21.5. The van der Waals surface area contributed by atoms with Crippen LogP contribution in [0.3, 0.4) is 0 Å². The average Bonchev–Trinajstić information content (AvgIpc) is 2.78. The normalized spacial score (nSPS) is 28.5. The first-order valence-electron chi connectivity index (χ1n) is 8.98. The zero-order chi connectivity index (χ0) is 17.9. The molecule has 0 saturated heterocycles. The van der Waals surface area contributed by atoms with Gasteiger partial charge in [-0.1, -0.05) is 38.3 Å².